The standard InChI is InChI=1S/C14H9BrFNOS/c15-13-3-1-2-4-14(13)19(18)9-11-5-10(8-17)6-12(16)7-11/h1-7H,9H2. The minimum absolute atomic E-state index is 0.176. The third-order valence-corrected chi connectivity index (χ3v) is 4.86. The van der Waals surface area contributed by atoms with Gasteiger partial charge in [0.2, 0.25) is 0 Å². The lowest BCUT2D eigenvalue weighted by molar-refractivity contribution is 0.625. The number of hydrogen-bond donors (Lipinski definition) is 0. The van der Waals surface area contributed by atoms with Crippen molar-refractivity contribution in [1.82, 2.24) is 0 Å². The molecule has 0 radical (unpaired) electrons. The number of hydrogen-bond acceptors (Lipinski definition) is 2. The van der Waals surface area contributed by atoms with Gasteiger partial charge in [-0.2, -0.15) is 5.26 Å². The van der Waals surface area contributed by atoms with Crippen LogP contribution >= 0.6 is 15.9 Å². The molecule has 0 saturated heterocycles. The molecule has 0 aliphatic heterocycles. The summed E-state index contributed by atoms with van der Waals surface area (Å²) >= 11 is 3.33. The average Bonchev–Trinajstić information content (AvgIpc) is 2.38. The zero-order chi connectivity index (χ0) is 13.8. The topological polar surface area (TPSA) is 40.9 Å². The van der Waals surface area contributed by atoms with Crippen molar-refractivity contribution in [1.29, 1.82) is 5.26 Å². The maximum atomic E-state index is 13.3. The van der Waals surface area contributed by atoms with E-state index in [9.17, 15) is 8.60 Å². The zero-order valence-electron chi connectivity index (χ0n) is 9.77. The molecule has 19 heavy (non-hydrogen) atoms. The van der Waals surface area contributed by atoms with E-state index in [0.717, 1.165) is 10.5 Å². The summed E-state index contributed by atoms with van der Waals surface area (Å²) in [6.07, 6.45) is 0. The first-order chi connectivity index (χ1) is 9.10. The Morgan fingerprint density at radius 1 is 1.26 bits per heavy atom. The lowest BCUT2D eigenvalue weighted by atomic mass is 10.1. The molecule has 0 aromatic heterocycles. The fraction of sp³-hybridized carbons (Fsp3) is 0.0714. The van der Waals surface area contributed by atoms with E-state index in [0.29, 0.717) is 10.5 Å². The fourth-order valence-corrected chi connectivity index (χ4v) is 3.62. The predicted molar refractivity (Wildman–Crippen MR) is 75.4 cm³/mol. The van der Waals surface area contributed by atoms with Gasteiger partial charge in [-0.3, -0.25) is 4.21 Å². The van der Waals surface area contributed by atoms with Crippen LogP contribution in [0.1, 0.15) is 11.1 Å². The van der Waals surface area contributed by atoms with Crippen molar-refractivity contribution < 1.29 is 8.60 Å². The highest BCUT2D eigenvalue weighted by molar-refractivity contribution is 9.10. The summed E-state index contributed by atoms with van der Waals surface area (Å²) in [6.45, 7) is 0. The highest BCUT2D eigenvalue weighted by Crippen LogP contribution is 2.22. The molecule has 2 nitrogen and oxygen atoms in total. The van der Waals surface area contributed by atoms with Crippen LogP contribution in [0.2, 0.25) is 0 Å². The summed E-state index contributed by atoms with van der Waals surface area (Å²) in [5.74, 6) is -0.312. The van der Waals surface area contributed by atoms with Crippen LogP contribution < -0.4 is 0 Å². The van der Waals surface area contributed by atoms with Gasteiger partial charge >= 0.3 is 0 Å². The summed E-state index contributed by atoms with van der Waals surface area (Å²) in [7, 11) is -1.29. The molecular weight excluding hydrogens is 329 g/mol. The van der Waals surface area contributed by atoms with Gasteiger partial charge in [-0.05, 0) is 51.8 Å². The van der Waals surface area contributed by atoms with Gasteiger partial charge in [0, 0.05) is 4.47 Å². The molecule has 0 bridgehead atoms. The molecule has 0 aliphatic carbocycles. The SMILES string of the molecule is N#Cc1cc(F)cc(CS(=O)c2ccccc2Br)c1. The third kappa shape index (κ3) is 3.49. The Morgan fingerprint density at radius 2 is 2.00 bits per heavy atom. The molecule has 1 unspecified atom stereocenters. The number of nitrogens with zero attached hydrogens (tertiary/aromatic N) is 1. The second-order valence-corrected chi connectivity index (χ2v) is 6.15. The Labute approximate surface area is 121 Å². The molecule has 2 aromatic rings. The largest absolute Gasteiger partial charge is 0.254 e. The van der Waals surface area contributed by atoms with Gasteiger partial charge in [-0.1, -0.05) is 12.1 Å². The molecule has 0 amide bonds. The van der Waals surface area contributed by atoms with Gasteiger partial charge < -0.3 is 0 Å². The Kier molecular flexibility index (Phi) is 4.46. The second kappa shape index (κ2) is 6.09. The van der Waals surface area contributed by atoms with E-state index >= 15 is 0 Å². The average molecular weight is 338 g/mol. The van der Waals surface area contributed by atoms with Crippen LogP contribution in [-0.2, 0) is 16.6 Å². The zero-order valence-corrected chi connectivity index (χ0v) is 12.2. The minimum atomic E-state index is -1.29. The van der Waals surface area contributed by atoms with Gasteiger partial charge in [0.15, 0.2) is 0 Å². The molecule has 0 spiro atoms. The van der Waals surface area contributed by atoms with Crippen LogP contribution in [0.4, 0.5) is 4.39 Å². The van der Waals surface area contributed by atoms with Gasteiger partial charge in [-0.15, -0.1) is 0 Å². The second-order valence-electron chi connectivity index (χ2n) is 3.88. The summed E-state index contributed by atoms with van der Waals surface area (Å²) in [5, 5.41) is 8.78. The van der Waals surface area contributed by atoms with Gasteiger partial charge in [-0.25, -0.2) is 4.39 Å². The monoisotopic (exact) mass is 337 g/mol. The first-order valence-electron chi connectivity index (χ1n) is 5.42. The number of benzene rings is 2. The van der Waals surface area contributed by atoms with Crippen molar-refractivity contribution in [3.05, 3.63) is 63.9 Å². The molecule has 5 heteroatoms. The Morgan fingerprint density at radius 3 is 2.68 bits per heavy atom. The molecule has 2 rings (SSSR count). The first-order valence-corrected chi connectivity index (χ1v) is 7.54. The summed E-state index contributed by atoms with van der Waals surface area (Å²) in [4.78, 5) is 0.658. The van der Waals surface area contributed by atoms with Crippen LogP contribution in [-0.4, -0.2) is 4.21 Å². The quantitative estimate of drug-likeness (QED) is 0.855. The van der Waals surface area contributed by atoms with E-state index in [1.807, 2.05) is 12.1 Å². The van der Waals surface area contributed by atoms with Crippen molar-refractivity contribution >= 4 is 26.7 Å². The van der Waals surface area contributed by atoms with Crippen molar-refractivity contribution in [3.63, 3.8) is 0 Å². The predicted octanol–water partition coefficient (Wildman–Crippen LogP) is 3.77. The summed E-state index contributed by atoms with van der Waals surface area (Å²) in [5.41, 5.74) is 0.782. The van der Waals surface area contributed by atoms with Crippen molar-refractivity contribution in [2.75, 3.05) is 0 Å². The Hall–Kier alpha value is -1.51. The molecule has 0 saturated carbocycles. The number of nitriles is 1. The molecule has 0 fully saturated rings. The molecule has 0 heterocycles. The van der Waals surface area contributed by atoms with E-state index < -0.39 is 16.6 Å². The molecule has 0 N–H and O–H groups in total. The van der Waals surface area contributed by atoms with Crippen molar-refractivity contribution in [2.24, 2.45) is 0 Å². The lowest BCUT2D eigenvalue weighted by Gasteiger charge is -2.05. The van der Waals surface area contributed by atoms with Gasteiger partial charge in [0.1, 0.15) is 5.82 Å². The molecule has 2 aromatic carbocycles. The molecule has 1 atom stereocenters. The molecule has 0 aliphatic rings. The van der Waals surface area contributed by atoms with Gasteiger partial charge in [0.25, 0.3) is 0 Å². The number of rotatable bonds is 3. The smallest absolute Gasteiger partial charge is 0.124 e. The van der Waals surface area contributed by atoms with E-state index in [2.05, 4.69) is 15.9 Å². The summed E-state index contributed by atoms with van der Waals surface area (Å²) < 4.78 is 26.3. The molecule has 96 valence electrons. The number of halogens is 2. The Balaban J connectivity index is 2.27. The molecular formula is C14H9BrFNOS. The maximum Gasteiger partial charge on any atom is 0.124 e. The maximum absolute atomic E-state index is 13.3. The van der Waals surface area contributed by atoms with Crippen LogP contribution in [0.15, 0.2) is 51.8 Å². The third-order valence-electron chi connectivity index (χ3n) is 2.47. The van der Waals surface area contributed by atoms with Crippen molar-refractivity contribution in [3.8, 4) is 6.07 Å². The first kappa shape index (κ1) is 13.9. The van der Waals surface area contributed by atoms with Crippen LogP contribution in [0.3, 0.4) is 0 Å². The van der Waals surface area contributed by atoms with E-state index in [1.165, 1.54) is 6.07 Å². The van der Waals surface area contributed by atoms with Gasteiger partial charge in [0.05, 0.1) is 33.1 Å². The highest BCUT2D eigenvalue weighted by Gasteiger charge is 2.10. The Bertz CT molecular complexity index is 681. The van der Waals surface area contributed by atoms with Crippen LogP contribution in [0.5, 0.6) is 0 Å². The van der Waals surface area contributed by atoms with E-state index in [-0.39, 0.29) is 11.3 Å². The minimum Gasteiger partial charge on any atom is -0.254 e. The lowest BCUT2D eigenvalue weighted by Crippen LogP contribution is -1.98. The van der Waals surface area contributed by atoms with E-state index in [4.69, 9.17) is 5.26 Å². The van der Waals surface area contributed by atoms with Crippen LogP contribution in [0, 0.1) is 17.1 Å². The summed E-state index contributed by atoms with van der Waals surface area (Å²) in [6, 6.07) is 13.1. The van der Waals surface area contributed by atoms with E-state index in [1.54, 1.807) is 24.3 Å². The highest BCUT2D eigenvalue weighted by atomic mass is 79.9. The van der Waals surface area contributed by atoms with Crippen molar-refractivity contribution in [2.45, 2.75) is 10.6 Å². The fourth-order valence-electron chi connectivity index (χ4n) is 1.66. The normalized spacial score (nSPS) is 11.8. The van der Waals surface area contributed by atoms with Crippen LogP contribution in [0.25, 0.3) is 0 Å².